The number of nitrogens with zero attached hydrogens (tertiary/aromatic N) is 2. The molecule has 1 aliphatic heterocycles. The van der Waals surface area contributed by atoms with Crippen LogP contribution in [0.25, 0.3) is 0 Å². The zero-order valence-corrected chi connectivity index (χ0v) is 8.51. The first-order valence-electron chi connectivity index (χ1n) is 4.82. The molecular formula is C11H12N2O2. The average molecular weight is 204 g/mol. The number of hydrogen-bond acceptors (Lipinski definition) is 3. The predicted octanol–water partition coefficient (Wildman–Crippen LogP) is 1.08. The fourth-order valence-corrected chi connectivity index (χ4v) is 1.75. The van der Waals surface area contributed by atoms with Gasteiger partial charge in [0.2, 0.25) is 5.91 Å². The fourth-order valence-electron chi connectivity index (χ4n) is 1.75. The largest absolute Gasteiger partial charge is 0.298 e. The van der Waals surface area contributed by atoms with Crippen LogP contribution in [0, 0.1) is 0 Å². The van der Waals surface area contributed by atoms with Gasteiger partial charge in [0, 0.05) is 25.6 Å². The third-order valence-corrected chi connectivity index (χ3v) is 2.60. The molecule has 0 atom stereocenters. The first-order valence-corrected chi connectivity index (χ1v) is 4.82. The standard InChI is InChI=1S/C11H12N2O2/c1-12-11(15)6-7-13(12)10-5-3-2-4-9(10)8-14/h2-5,8H,6-7H2,1H3. The number of hydrogen-bond donors (Lipinski definition) is 0. The van der Waals surface area contributed by atoms with Crippen molar-refractivity contribution in [1.82, 2.24) is 5.01 Å². The molecule has 1 heterocycles. The molecule has 0 bridgehead atoms. The van der Waals surface area contributed by atoms with Gasteiger partial charge in [-0.3, -0.25) is 19.6 Å². The lowest BCUT2D eigenvalue weighted by molar-refractivity contribution is -0.126. The van der Waals surface area contributed by atoms with E-state index in [2.05, 4.69) is 0 Å². The Morgan fingerprint density at radius 3 is 2.67 bits per heavy atom. The monoisotopic (exact) mass is 204 g/mol. The second-order valence-corrected chi connectivity index (χ2v) is 3.47. The minimum atomic E-state index is 0.0794. The van der Waals surface area contributed by atoms with E-state index < -0.39 is 0 Å². The van der Waals surface area contributed by atoms with Gasteiger partial charge in [-0.25, -0.2) is 0 Å². The maximum atomic E-state index is 11.4. The molecule has 2 rings (SSSR count). The topological polar surface area (TPSA) is 40.6 Å². The van der Waals surface area contributed by atoms with Crippen molar-refractivity contribution in [2.24, 2.45) is 0 Å². The first-order chi connectivity index (χ1) is 7.24. The molecule has 0 aromatic heterocycles. The molecule has 1 aromatic rings. The molecule has 1 aliphatic rings. The van der Waals surface area contributed by atoms with Crippen molar-refractivity contribution in [3.8, 4) is 0 Å². The Morgan fingerprint density at radius 1 is 1.33 bits per heavy atom. The van der Waals surface area contributed by atoms with Crippen LogP contribution in [-0.4, -0.2) is 30.8 Å². The van der Waals surface area contributed by atoms with Crippen molar-refractivity contribution in [2.45, 2.75) is 6.42 Å². The zero-order chi connectivity index (χ0) is 10.8. The molecule has 0 aliphatic carbocycles. The second-order valence-electron chi connectivity index (χ2n) is 3.47. The molecule has 0 N–H and O–H groups in total. The van der Waals surface area contributed by atoms with Crippen LogP contribution in [0.15, 0.2) is 24.3 Å². The second kappa shape index (κ2) is 3.73. The van der Waals surface area contributed by atoms with Crippen LogP contribution in [0.4, 0.5) is 5.69 Å². The van der Waals surface area contributed by atoms with Crippen LogP contribution >= 0.6 is 0 Å². The van der Waals surface area contributed by atoms with Crippen molar-refractivity contribution in [3.63, 3.8) is 0 Å². The normalized spacial score (nSPS) is 15.9. The highest BCUT2D eigenvalue weighted by molar-refractivity contribution is 5.88. The lowest BCUT2D eigenvalue weighted by atomic mass is 10.2. The van der Waals surface area contributed by atoms with E-state index in [4.69, 9.17) is 0 Å². The van der Waals surface area contributed by atoms with Crippen LogP contribution in [0.2, 0.25) is 0 Å². The summed E-state index contributed by atoms with van der Waals surface area (Å²) in [6.45, 7) is 0.639. The van der Waals surface area contributed by atoms with Crippen molar-refractivity contribution in [2.75, 3.05) is 18.6 Å². The number of anilines is 1. The number of benzene rings is 1. The summed E-state index contributed by atoms with van der Waals surface area (Å²) in [5.74, 6) is 0.0794. The maximum absolute atomic E-state index is 11.4. The van der Waals surface area contributed by atoms with Gasteiger partial charge in [-0.2, -0.15) is 0 Å². The third-order valence-electron chi connectivity index (χ3n) is 2.60. The van der Waals surface area contributed by atoms with E-state index in [0.29, 0.717) is 18.5 Å². The van der Waals surface area contributed by atoms with Crippen LogP contribution in [-0.2, 0) is 4.79 Å². The van der Waals surface area contributed by atoms with Crippen LogP contribution in [0.3, 0.4) is 0 Å². The Morgan fingerprint density at radius 2 is 2.07 bits per heavy atom. The Kier molecular flexibility index (Phi) is 2.41. The predicted molar refractivity (Wildman–Crippen MR) is 56.6 cm³/mol. The number of amides is 1. The van der Waals surface area contributed by atoms with Crippen LogP contribution in [0.1, 0.15) is 16.8 Å². The minimum Gasteiger partial charge on any atom is -0.298 e. The van der Waals surface area contributed by atoms with Gasteiger partial charge in [0.15, 0.2) is 6.29 Å². The summed E-state index contributed by atoms with van der Waals surface area (Å²) in [5, 5.41) is 3.38. The molecule has 0 radical (unpaired) electrons. The van der Waals surface area contributed by atoms with Gasteiger partial charge in [0.05, 0.1) is 5.69 Å². The number of rotatable bonds is 2. The van der Waals surface area contributed by atoms with Gasteiger partial charge in [0.25, 0.3) is 0 Å². The molecular weight excluding hydrogens is 192 g/mol. The van der Waals surface area contributed by atoms with E-state index in [0.717, 1.165) is 12.0 Å². The zero-order valence-electron chi connectivity index (χ0n) is 8.51. The lowest BCUT2D eigenvalue weighted by Gasteiger charge is -2.26. The van der Waals surface area contributed by atoms with Gasteiger partial charge in [-0.15, -0.1) is 0 Å². The molecule has 1 saturated heterocycles. The Labute approximate surface area is 88.1 Å². The van der Waals surface area contributed by atoms with Crippen molar-refractivity contribution >= 4 is 17.9 Å². The van der Waals surface area contributed by atoms with E-state index in [9.17, 15) is 9.59 Å². The number of carbonyl (C=O) groups is 2. The maximum Gasteiger partial charge on any atom is 0.242 e. The molecule has 0 unspecified atom stereocenters. The Balaban J connectivity index is 2.37. The van der Waals surface area contributed by atoms with Gasteiger partial charge < -0.3 is 0 Å². The van der Waals surface area contributed by atoms with Gasteiger partial charge >= 0.3 is 0 Å². The quantitative estimate of drug-likeness (QED) is 0.677. The van der Waals surface area contributed by atoms with Gasteiger partial charge in [-0.1, -0.05) is 12.1 Å². The molecule has 1 amide bonds. The van der Waals surface area contributed by atoms with Gasteiger partial charge in [0.1, 0.15) is 0 Å². The molecule has 1 fully saturated rings. The molecule has 15 heavy (non-hydrogen) atoms. The van der Waals surface area contributed by atoms with E-state index in [1.54, 1.807) is 18.1 Å². The Hall–Kier alpha value is -1.84. The van der Waals surface area contributed by atoms with Crippen molar-refractivity contribution < 1.29 is 9.59 Å². The highest BCUT2D eigenvalue weighted by atomic mass is 16.2. The molecule has 0 saturated carbocycles. The number of aldehydes is 1. The number of hydrazine groups is 1. The van der Waals surface area contributed by atoms with Crippen LogP contribution in [0.5, 0.6) is 0 Å². The Bertz CT molecular complexity index is 403. The first kappa shape index (κ1) is 9.71. The van der Waals surface area contributed by atoms with Crippen molar-refractivity contribution in [1.29, 1.82) is 0 Å². The van der Waals surface area contributed by atoms with Gasteiger partial charge in [-0.05, 0) is 12.1 Å². The summed E-state index contributed by atoms with van der Waals surface area (Å²) in [6, 6.07) is 7.27. The molecule has 78 valence electrons. The van der Waals surface area contributed by atoms with Crippen molar-refractivity contribution in [3.05, 3.63) is 29.8 Å². The minimum absolute atomic E-state index is 0.0794. The summed E-state index contributed by atoms with van der Waals surface area (Å²) in [6.07, 6.45) is 1.32. The van der Waals surface area contributed by atoms with E-state index >= 15 is 0 Å². The summed E-state index contributed by atoms with van der Waals surface area (Å²) in [5.41, 5.74) is 1.40. The number of carbonyl (C=O) groups excluding carboxylic acids is 2. The average Bonchev–Trinajstić information content (AvgIpc) is 2.60. The molecule has 1 aromatic carbocycles. The van der Waals surface area contributed by atoms with Crippen LogP contribution < -0.4 is 5.01 Å². The highest BCUT2D eigenvalue weighted by Crippen LogP contribution is 2.23. The highest BCUT2D eigenvalue weighted by Gasteiger charge is 2.26. The molecule has 4 nitrogen and oxygen atoms in total. The summed E-state index contributed by atoms with van der Waals surface area (Å²) >= 11 is 0. The van der Waals surface area contributed by atoms with E-state index in [1.165, 1.54) is 0 Å². The summed E-state index contributed by atoms with van der Waals surface area (Å²) < 4.78 is 0. The summed E-state index contributed by atoms with van der Waals surface area (Å²) in [7, 11) is 1.72. The van der Waals surface area contributed by atoms with E-state index in [-0.39, 0.29) is 5.91 Å². The van der Waals surface area contributed by atoms with E-state index in [1.807, 2.05) is 23.2 Å². The summed E-state index contributed by atoms with van der Waals surface area (Å²) in [4.78, 5) is 22.2. The smallest absolute Gasteiger partial charge is 0.242 e. The molecule has 4 heteroatoms. The lowest BCUT2D eigenvalue weighted by Crippen LogP contribution is -2.36. The number of para-hydroxylation sites is 1. The SMILES string of the molecule is CN1C(=O)CCN1c1ccccc1C=O. The molecule has 0 spiro atoms. The third kappa shape index (κ3) is 1.58. The fraction of sp³-hybridized carbons (Fsp3) is 0.273.